The van der Waals surface area contributed by atoms with Gasteiger partial charge in [0.05, 0.1) is 17.7 Å². The largest absolute Gasteiger partial charge is 0.506 e. The van der Waals surface area contributed by atoms with Crippen molar-refractivity contribution in [3.8, 4) is 11.5 Å². The Morgan fingerprint density at radius 3 is 2.83 bits per heavy atom. The van der Waals surface area contributed by atoms with Gasteiger partial charge < -0.3 is 14.9 Å². The lowest BCUT2D eigenvalue weighted by atomic mass is 10.1. The van der Waals surface area contributed by atoms with E-state index in [4.69, 9.17) is 9.84 Å². The van der Waals surface area contributed by atoms with E-state index in [1.54, 1.807) is 13.0 Å². The number of hydrogen-bond acceptors (Lipinski definition) is 5. The Morgan fingerprint density at radius 1 is 1.50 bits per heavy atom. The molecule has 2 heterocycles. The summed E-state index contributed by atoms with van der Waals surface area (Å²) in [6.45, 7) is 4.05. The van der Waals surface area contributed by atoms with Crippen LogP contribution in [0.1, 0.15) is 23.0 Å². The van der Waals surface area contributed by atoms with E-state index in [1.165, 1.54) is 0 Å². The fourth-order valence-electron chi connectivity index (χ4n) is 1.64. The molecule has 2 aromatic heterocycles. The van der Waals surface area contributed by atoms with Crippen molar-refractivity contribution in [2.45, 2.75) is 13.8 Å². The van der Waals surface area contributed by atoms with E-state index in [9.17, 15) is 9.90 Å². The molecule has 0 radical (unpaired) electrons. The lowest BCUT2D eigenvalue weighted by Crippen LogP contribution is -2.01. The molecular formula is C12H12N2O4. The van der Waals surface area contributed by atoms with E-state index >= 15 is 0 Å². The molecule has 2 aromatic rings. The first kappa shape index (κ1) is 12.1. The minimum atomic E-state index is -1.24. The molecule has 6 heteroatoms. The number of aryl methyl sites for hydroxylation is 1. The van der Waals surface area contributed by atoms with Gasteiger partial charge in [-0.05, 0) is 19.9 Å². The number of aromatic hydroxyl groups is 1. The van der Waals surface area contributed by atoms with Crippen molar-refractivity contribution in [2.75, 3.05) is 6.61 Å². The highest BCUT2D eigenvalue weighted by Crippen LogP contribution is 2.30. The molecule has 0 unspecified atom stereocenters. The van der Waals surface area contributed by atoms with Gasteiger partial charge in [-0.2, -0.15) is 0 Å². The number of hydrogen-bond donors (Lipinski definition) is 2. The minimum Gasteiger partial charge on any atom is -0.506 e. The summed E-state index contributed by atoms with van der Waals surface area (Å²) in [6.07, 6.45) is 1.09. The number of aromatic carboxylic acids is 1. The maximum Gasteiger partial charge on any atom is 0.341 e. The average molecular weight is 248 g/mol. The van der Waals surface area contributed by atoms with Crippen LogP contribution >= 0.6 is 0 Å². The quantitative estimate of drug-likeness (QED) is 0.859. The number of ether oxygens (including phenoxy) is 1. The normalized spacial score (nSPS) is 10.6. The Labute approximate surface area is 103 Å². The maximum absolute atomic E-state index is 10.9. The molecule has 0 aromatic carbocycles. The Balaban J connectivity index is 2.71. The van der Waals surface area contributed by atoms with E-state index in [0.717, 1.165) is 6.20 Å². The predicted octanol–water partition coefficient (Wildman–Crippen LogP) is 1.74. The molecule has 2 N–H and O–H groups in total. The number of carbonyl (C=O) groups is 1. The van der Waals surface area contributed by atoms with Crippen molar-refractivity contribution in [2.24, 2.45) is 0 Å². The molecule has 0 saturated carbocycles. The van der Waals surface area contributed by atoms with Crippen LogP contribution < -0.4 is 4.74 Å². The van der Waals surface area contributed by atoms with Crippen molar-refractivity contribution in [3.05, 3.63) is 23.5 Å². The molecule has 94 valence electrons. The van der Waals surface area contributed by atoms with E-state index in [-0.39, 0.29) is 16.7 Å². The van der Waals surface area contributed by atoms with Crippen LogP contribution in [0.15, 0.2) is 12.3 Å². The molecule has 6 nitrogen and oxygen atoms in total. The van der Waals surface area contributed by atoms with Crippen LogP contribution in [-0.2, 0) is 0 Å². The molecule has 0 aliphatic carbocycles. The fraction of sp³-hybridized carbons (Fsp3) is 0.250. The van der Waals surface area contributed by atoms with Crippen molar-refractivity contribution in [1.29, 1.82) is 0 Å². The Hall–Kier alpha value is -2.37. The van der Waals surface area contributed by atoms with Crippen molar-refractivity contribution >= 4 is 17.0 Å². The fourth-order valence-corrected chi connectivity index (χ4v) is 1.64. The van der Waals surface area contributed by atoms with Gasteiger partial charge >= 0.3 is 5.97 Å². The molecule has 0 aliphatic rings. The number of carboxylic acids is 1. The van der Waals surface area contributed by atoms with Gasteiger partial charge in [0, 0.05) is 6.20 Å². The summed E-state index contributed by atoms with van der Waals surface area (Å²) in [5.41, 5.74) is 0.674. The van der Waals surface area contributed by atoms with Crippen LogP contribution in [0.4, 0.5) is 0 Å². The monoisotopic (exact) mass is 248 g/mol. The molecule has 0 bridgehead atoms. The lowest BCUT2D eigenvalue weighted by molar-refractivity contribution is 0.0693. The molecule has 0 amide bonds. The van der Waals surface area contributed by atoms with Gasteiger partial charge in [-0.25, -0.2) is 14.8 Å². The Bertz CT molecular complexity index is 625. The number of carboxylic acid groups (broad SMARTS) is 1. The number of aromatic nitrogens is 2. The van der Waals surface area contributed by atoms with Crippen LogP contribution in [-0.4, -0.2) is 32.8 Å². The Kier molecular flexibility index (Phi) is 3.01. The zero-order valence-electron chi connectivity index (χ0n) is 9.97. The maximum atomic E-state index is 10.9. The van der Waals surface area contributed by atoms with Crippen molar-refractivity contribution < 1.29 is 19.7 Å². The third-order valence-electron chi connectivity index (χ3n) is 2.50. The third kappa shape index (κ3) is 1.92. The number of fused-ring (bicyclic) bond motifs is 1. The van der Waals surface area contributed by atoms with E-state index in [0.29, 0.717) is 23.7 Å². The van der Waals surface area contributed by atoms with Crippen LogP contribution in [0.5, 0.6) is 11.5 Å². The first-order chi connectivity index (χ1) is 8.54. The van der Waals surface area contributed by atoms with Gasteiger partial charge in [0.15, 0.2) is 5.65 Å². The van der Waals surface area contributed by atoms with Gasteiger partial charge in [-0.15, -0.1) is 0 Å². The molecule has 0 atom stereocenters. The predicted molar refractivity (Wildman–Crippen MR) is 64.1 cm³/mol. The second-order valence-corrected chi connectivity index (χ2v) is 3.70. The summed E-state index contributed by atoms with van der Waals surface area (Å²) in [5, 5.41) is 19.1. The van der Waals surface area contributed by atoms with Gasteiger partial charge in [0.2, 0.25) is 0 Å². The summed E-state index contributed by atoms with van der Waals surface area (Å²) in [4.78, 5) is 19.0. The zero-order chi connectivity index (χ0) is 13.3. The third-order valence-corrected chi connectivity index (χ3v) is 2.50. The second-order valence-electron chi connectivity index (χ2n) is 3.70. The average Bonchev–Trinajstić information content (AvgIpc) is 2.31. The van der Waals surface area contributed by atoms with E-state index in [2.05, 4.69) is 9.97 Å². The summed E-state index contributed by atoms with van der Waals surface area (Å²) in [5.74, 6) is -1.08. The van der Waals surface area contributed by atoms with Gasteiger partial charge in [0.25, 0.3) is 0 Å². The molecule has 18 heavy (non-hydrogen) atoms. The highest BCUT2D eigenvalue weighted by molar-refractivity contribution is 5.97. The SMILES string of the molecule is CCOc1cc2c(O)c(C(=O)O)cnc2nc1C. The number of rotatable bonds is 3. The van der Waals surface area contributed by atoms with E-state index in [1.807, 2.05) is 6.92 Å². The summed E-state index contributed by atoms with van der Waals surface area (Å²) in [6, 6.07) is 1.55. The summed E-state index contributed by atoms with van der Waals surface area (Å²) in [7, 11) is 0. The van der Waals surface area contributed by atoms with Crippen molar-refractivity contribution in [1.82, 2.24) is 9.97 Å². The van der Waals surface area contributed by atoms with Gasteiger partial charge in [-0.1, -0.05) is 0 Å². The Morgan fingerprint density at radius 2 is 2.22 bits per heavy atom. The molecule has 0 fully saturated rings. The first-order valence-electron chi connectivity index (χ1n) is 5.40. The number of pyridine rings is 2. The van der Waals surface area contributed by atoms with E-state index < -0.39 is 5.97 Å². The molecule has 0 aliphatic heterocycles. The summed E-state index contributed by atoms with van der Waals surface area (Å²) < 4.78 is 5.35. The topological polar surface area (TPSA) is 92.5 Å². The standard InChI is InChI=1S/C12H12N2O4/c1-3-18-9-4-7-10(15)8(12(16)17)5-13-11(7)14-6(9)2/h4-5H,3H2,1-2H3,(H,16,17)(H,13,14,15). The van der Waals surface area contributed by atoms with Crippen molar-refractivity contribution in [3.63, 3.8) is 0 Å². The van der Waals surface area contributed by atoms with Gasteiger partial charge in [-0.3, -0.25) is 0 Å². The minimum absolute atomic E-state index is 0.254. The highest BCUT2D eigenvalue weighted by Gasteiger charge is 2.16. The second kappa shape index (κ2) is 4.48. The lowest BCUT2D eigenvalue weighted by Gasteiger charge is -2.09. The van der Waals surface area contributed by atoms with Crippen LogP contribution in [0, 0.1) is 6.92 Å². The number of nitrogens with zero attached hydrogens (tertiary/aromatic N) is 2. The first-order valence-corrected chi connectivity index (χ1v) is 5.40. The molecule has 2 rings (SSSR count). The smallest absolute Gasteiger partial charge is 0.341 e. The molecule has 0 saturated heterocycles. The van der Waals surface area contributed by atoms with Crippen LogP contribution in [0.3, 0.4) is 0 Å². The van der Waals surface area contributed by atoms with Crippen LogP contribution in [0.25, 0.3) is 11.0 Å². The highest BCUT2D eigenvalue weighted by atomic mass is 16.5. The van der Waals surface area contributed by atoms with Crippen LogP contribution in [0.2, 0.25) is 0 Å². The summed E-state index contributed by atoms with van der Waals surface area (Å²) >= 11 is 0. The zero-order valence-corrected chi connectivity index (χ0v) is 9.97. The molecular weight excluding hydrogens is 236 g/mol. The molecule has 0 spiro atoms. The van der Waals surface area contributed by atoms with Gasteiger partial charge in [0.1, 0.15) is 17.1 Å².